The lowest BCUT2D eigenvalue weighted by molar-refractivity contribution is -0.127. The smallest absolute Gasteiger partial charge is 0.252 e. The molecule has 9 heteroatoms. The number of nitrogens with zero attached hydrogens (tertiary/aromatic N) is 2. The maximum atomic E-state index is 12.5. The first-order valence-electron chi connectivity index (χ1n) is 7.23. The van der Waals surface area contributed by atoms with Gasteiger partial charge in [-0.2, -0.15) is 4.31 Å². The summed E-state index contributed by atoms with van der Waals surface area (Å²) in [5.41, 5.74) is 0. The van der Waals surface area contributed by atoms with Crippen LogP contribution in [0.5, 0.6) is 0 Å². The van der Waals surface area contributed by atoms with Crippen LogP contribution >= 0.6 is 27.3 Å². The van der Waals surface area contributed by atoms with Gasteiger partial charge in [0.1, 0.15) is 9.97 Å². The van der Waals surface area contributed by atoms with Gasteiger partial charge in [-0.1, -0.05) is 0 Å². The summed E-state index contributed by atoms with van der Waals surface area (Å²) in [7, 11) is -3.49. The second kappa shape index (κ2) is 7.22. The first kappa shape index (κ1) is 17.4. The van der Waals surface area contributed by atoms with Crippen molar-refractivity contribution in [1.29, 1.82) is 0 Å². The van der Waals surface area contributed by atoms with E-state index in [1.54, 1.807) is 35.2 Å². The molecule has 1 amide bonds. The van der Waals surface area contributed by atoms with E-state index in [2.05, 4.69) is 15.9 Å². The fraction of sp³-hybridized carbons (Fsp3) is 0.267. The highest BCUT2D eigenvalue weighted by Crippen LogP contribution is 2.28. The minimum atomic E-state index is -3.49. The number of carbonyl (C=O) groups excluding carboxylic acids is 1. The second-order valence-corrected chi connectivity index (χ2v) is 9.76. The number of sulfonamides is 1. The van der Waals surface area contributed by atoms with E-state index in [1.807, 2.05) is 0 Å². The van der Waals surface area contributed by atoms with Gasteiger partial charge in [0.2, 0.25) is 5.91 Å². The maximum absolute atomic E-state index is 12.5. The summed E-state index contributed by atoms with van der Waals surface area (Å²) >= 11 is 4.47. The van der Waals surface area contributed by atoms with Crippen LogP contribution in [-0.4, -0.2) is 49.7 Å². The largest absolute Gasteiger partial charge is 0.465 e. The molecule has 3 heterocycles. The molecular formula is C15H15BrN2O4S2. The Bertz CT molecular complexity index is 835. The zero-order valence-corrected chi connectivity index (χ0v) is 15.8. The number of hydrogen-bond donors (Lipinski definition) is 0. The molecule has 0 atom stereocenters. The van der Waals surface area contributed by atoms with E-state index >= 15 is 0 Å². The van der Waals surface area contributed by atoms with Crippen molar-refractivity contribution in [3.05, 3.63) is 46.2 Å². The Kier molecular flexibility index (Phi) is 5.24. The quantitative estimate of drug-likeness (QED) is 0.698. The fourth-order valence-corrected chi connectivity index (χ4v) is 5.94. The third-order valence-corrected chi connectivity index (χ3v) is 7.62. The summed E-state index contributed by atoms with van der Waals surface area (Å²) in [6.07, 6.45) is 4.59. The number of amides is 1. The fourth-order valence-electron chi connectivity index (χ4n) is 2.36. The Morgan fingerprint density at radius 2 is 1.96 bits per heavy atom. The molecule has 2 aromatic rings. The first-order chi connectivity index (χ1) is 11.5. The highest BCUT2D eigenvalue weighted by atomic mass is 79.9. The van der Waals surface area contributed by atoms with Crippen molar-refractivity contribution >= 4 is 49.3 Å². The Morgan fingerprint density at radius 3 is 2.54 bits per heavy atom. The Labute approximate surface area is 152 Å². The van der Waals surface area contributed by atoms with Crippen LogP contribution in [0, 0.1) is 0 Å². The molecule has 0 radical (unpaired) electrons. The average molecular weight is 431 g/mol. The predicted molar refractivity (Wildman–Crippen MR) is 95.1 cm³/mol. The van der Waals surface area contributed by atoms with E-state index in [0.717, 1.165) is 3.79 Å². The predicted octanol–water partition coefficient (Wildman–Crippen LogP) is 2.65. The summed E-state index contributed by atoms with van der Waals surface area (Å²) in [5.74, 6) is 0.454. The SMILES string of the molecule is O=C(/C=C/c1ccco1)N1CCN(S(=O)(=O)c2ccc(Br)s2)CC1. The van der Waals surface area contributed by atoms with Crippen molar-refractivity contribution in [3.8, 4) is 0 Å². The number of hydrogen-bond acceptors (Lipinski definition) is 5. The lowest BCUT2D eigenvalue weighted by Gasteiger charge is -2.33. The van der Waals surface area contributed by atoms with Crippen molar-refractivity contribution in [3.63, 3.8) is 0 Å². The Hall–Kier alpha value is -1.42. The van der Waals surface area contributed by atoms with E-state index < -0.39 is 10.0 Å². The van der Waals surface area contributed by atoms with Gasteiger partial charge in [-0.05, 0) is 46.3 Å². The van der Waals surface area contributed by atoms with Gasteiger partial charge in [0.05, 0.1) is 10.0 Å². The third-order valence-electron chi connectivity index (χ3n) is 3.63. The van der Waals surface area contributed by atoms with Crippen LogP contribution in [0.1, 0.15) is 5.76 Å². The molecule has 0 saturated carbocycles. The van der Waals surface area contributed by atoms with E-state index in [1.165, 1.54) is 28.0 Å². The highest BCUT2D eigenvalue weighted by molar-refractivity contribution is 9.11. The molecule has 0 aromatic carbocycles. The molecule has 24 heavy (non-hydrogen) atoms. The van der Waals surface area contributed by atoms with Gasteiger partial charge in [-0.15, -0.1) is 11.3 Å². The second-order valence-electron chi connectivity index (χ2n) is 5.14. The van der Waals surface area contributed by atoms with Gasteiger partial charge in [0.25, 0.3) is 10.0 Å². The van der Waals surface area contributed by atoms with Crippen LogP contribution < -0.4 is 0 Å². The van der Waals surface area contributed by atoms with Crippen LogP contribution in [0.3, 0.4) is 0 Å². The van der Waals surface area contributed by atoms with Gasteiger partial charge in [0.15, 0.2) is 0 Å². The summed E-state index contributed by atoms with van der Waals surface area (Å²) in [6, 6.07) is 6.81. The van der Waals surface area contributed by atoms with Gasteiger partial charge in [0, 0.05) is 32.3 Å². The van der Waals surface area contributed by atoms with Crippen molar-refractivity contribution in [2.24, 2.45) is 0 Å². The van der Waals surface area contributed by atoms with Crippen LogP contribution in [0.15, 0.2) is 49.0 Å². The molecular weight excluding hydrogens is 416 g/mol. The molecule has 128 valence electrons. The zero-order valence-electron chi connectivity index (χ0n) is 12.6. The number of thiophene rings is 1. The third kappa shape index (κ3) is 3.80. The standard InChI is InChI=1S/C15H15BrN2O4S2/c16-13-4-6-15(23-13)24(20,21)18-9-7-17(8-10-18)14(19)5-3-12-2-1-11-22-12/h1-6,11H,7-10H2/b5-3+. The van der Waals surface area contributed by atoms with Gasteiger partial charge in [-0.3, -0.25) is 4.79 Å². The minimum Gasteiger partial charge on any atom is -0.465 e. The lowest BCUT2D eigenvalue weighted by atomic mass is 10.3. The van der Waals surface area contributed by atoms with Gasteiger partial charge < -0.3 is 9.32 Å². The molecule has 1 aliphatic heterocycles. The molecule has 0 spiro atoms. The number of halogens is 1. The van der Waals surface area contributed by atoms with Crippen LogP contribution in [0.2, 0.25) is 0 Å². The number of piperazine rings is 1. The van der Waals surface area contributed by atoms with E-state index in [-0.39, 0.29) is 19.0 Å². The summed E-state index contributed by atoms with van der Waals surface area (Å²) < 4.78 is 32.7. The van der Waals surface area contributed by atoms with Crippen LogP contribution in [-0.2, 0) is 14.8 Å². The monoisotopic (exact) mass is 430 g/mol. The average Bonchev–Trinajstić information content (AvgIpc) is 3.24. The van der Waals surface area contributed by atoms with Crippen LogP contribution in [0.4, 0.5) is 0 Å². The number of furan rings is 1. The molecule has 0 unspecified atom stereocenters. The van der Waals surface area contributed by atoms with Gasteiger partial charge in [-0.25, -0.2) is 8.42 Å². The lowest BCUT2D eigenvalue weighted by Crippen LogP contribution is -2.50. The van der Waals surface area contributed by atoms with Crippen molar-refractivity contribution in [2.75, 3.05) is 26.2 Å². The van der Waals surface area contributed by atoms with Crippen LogP contribution in [0.25, 0.3) is 6.08 Å². The number of carbonyl (C=O) groups is 1. The number of rotatable bonds is 4. The van der Waals surface area contributed by atoms with Crippen molar-refractivity contribution in [2.45, 2.75) is 4.21 Å². The summed E-state index contributed by atoms with van der Waals surface area (Å²) in [5, 5.41) is 0. The Morgan fingerprint density at radius 1 is 1.21 bits per heavy atom. The molecule has 1 fully saturated rings. The summed E-state index contributed by atoms with van der Waals surface area (Å²) in [6.45, 7) is 1.32. The molecule has 0 N–H and O–H groups in total. The normalized spacial score (nSPS) is 16.8. The summed E-state index contributed by atoms with van der Waals surface area (Å²) in [4.78, 5) is 13.8. The van der Waals surface area contributed by atoms with Crippen molar-refractivity contribution < 1.29 is 17.6 Å². The molecule has 6 nitrogen and oxygen atoms in total. The first-order valence-corrected chi connectivity index (χ1v) is 10.3. The highest BCUT2D eigenvalue weighted by Gasteiger charge is 2.30. The molecule has 0 bridgehead atoms. The van der Waals surface area contributed by atoms with E-state index in [9.17, 15) is 13.2 Å². The van der Waals surface area contributed by atoms with Crippen molar-refractivity contribution in [1.82, 2.24) is 9.21 Å². The van der Waals surface area contributed by atoms with Gasteiger partial charge >= 0.3 is 0 Å². The topological polar surface area (TPSA) is 70.8 Å². The molecule has 0 aliphatic carbocycles. The minimum absolute atomic E-state index is 0.151. The molecule has 1 saturated heterocycles. The maximum Gasteiger partial charge on any atom is 0.252 e. The van der Waals surface area contributed by atoms with E-state index in [4.69, 9.17) is 4.42 Å². The van der Waals surface area contributed by atoms with E-state index in [0.29, 0.717) is 23.1 Å². The Balaban J connectivity index is 1.60. The molecule has 2 aromatic heterocycles. The molecule has 1 aliphatic rings. The zero-order chi connectivity index (χ0) is 17.2. The molecule has 3 rings (SSSR count).